The lowest BCUT2D eigenvalue weighted by molar-refractivity contribution is -0.156. The molecule has 0 amide bonds. The molecule has 0 saturated heterocycles. The van der Waals surface area contributed by atoms with E-state index in [0.717, 1.165) is 38.7 Å². The fraction of sp³-hybridized carbons (Fsp3) is 0.909. The smallest absolute Gasteiger partial charge is 0.309 e. The molecule has 0 aliphatic heterocycles. The van der Waals surface area contributed by atoms with Crippen LogP contribution in [0.4, 0.5) is 0 Å². The third-order valence-electron chi connectivity index (χ3n) is 3.13. The number of hydrogen-bond donors (Lipinski definition) is 1. The second-order valence-electron chi connectivity index (χ2n) is 4.15. The predicted octanol–water partition coefficient (Wildman–Crippen LogP) is 2.45. The molecule has 3 nitrogen and oxygen atoms in total. The largest absolute Gasteiger partial charge is 0.481 e. The fourth-order valence-electron chi connectivity index (χ4n) is 1.79. The number of carboxylic acids is 1. The van der Waals surface area contributed by atoms with Gasteiger partial charge in [0.2, 0.25) is 0 Å². The van der Waals surface area contributed by atoms with Crippen LogP contribution in [0.5, 0.6) is 0 Å². The number of rotatable bonds is 7. The number of ether oxygens (including phenoxy) is 1. The van der Waals surface area contributed by atoms with Gasteiger partial charge in [0.1, 0.15) is 0 Å². The molecule has 1 aliphatic rings. The highest BCUT2D eigenvalue weighted by Crippen LogP contribution is 2.44. The standard InChI is InChI=1S/C11H20O3/c1-2-3-8-14-9-7-11(10(12)13)5-4-6-11/h2-9H2,1H3,(H,12,13). The Morgan fingerprint density at radius 3 is 2.57 bits per heavy atom. The maximum Gasteiger partial charge on any atom is 0.309 e. The Bertz CT molecular complexity index is 185. The minimum absolute atomic E-state index is 0.438. The summed E-state index contributed by atoms with van der Waals surface area (Å²) in [5.74, 6) is -0.636. The number of unbranched alkanes of at least 4 members (excludes halogenated alkanes) is 1. The summed E-state index contributed by atoms with van der Waals surface area (Å²) < 4.78 is 5.39. The summed E-state index contributed by atoms with van der Waals surface area (Å²) in [5.41, 5.74) is -0.438. The van der Waals surface area contributed by atoms with Crippen LogP contribution >= 0.6 is 0 Å². The summed E-state index contributed by atoms with van der Waals surface area (Å²) in [6.45, 7) is 3.49. The summed E-state index contributed by atoms with van der Waals surface area (Å²) >= 11 is 0. The van der Waals surface area contributed by atoms with Gasteiger partial charge in [-0.2, -0.15) is 0 Å². The predicted molar refractivity (Wildman–Crippen MR) is 54.3 cm³/mol. The number of hydrogen-bond acceptors (Lipinski definition) is 2. The molecule has 1 N–H and O–H groups in total. The molecule has 1 rings (SSSR count). The van der Waals surface area contributed by atoms with Crippen LogP contribution < -0.4 is 0 Å². The van der Waals surface area contributed by atoms with Gasteiger partial charge in [-0.25, -0.2) is 0 Å². The molecule has 0 spiro atoms. The Balaban J connectivity index is 2.12. The lowest BCUT2D eigenvalue weighted by Gasteiger charge is -2.37. The van der Waals surface area contributed by atoms with Gasteiger partial charge in [0.05, 0.1) is 5.41 Å². The van der Waals surface area contributed by atoms with Gasteiger partial charge in [0.25, 0.3) is 0 Å². The molecule has 1 fully saturated rings. The highest BCUT2D eigenvalue weighted by atomic mass is 16.5. The summed E-state index contributed by atoms with van der Waals surface area (Å²) in [5, 5.41) is 9.03. The number of aliphatic carboxylic acids is 1. The van der Waals surface area contributed by atoms with Gasteiger partial charge >= 0.3 is 5.97 Å². The van der Waals surface area contributed by atoms with Crippen molar-refractivity contribution in [2.45, 2.75) is 45.4 Å². The highest BCUT2D eigenvalue weighted by molar-refractivity contribution is 5.75. The Morgan fingerprint density at radius 1 is 1.43 bits per heavy atom. The van der Waals surface area contributed by atoms with Crippen LogP contribution in [0.1, 0.15) is 45.4 Å². The van der Waals surface area contributed by atoms with E-state index >= 15 is 0 Å². The van der Waals surface area contributed by atoms with Crippen LogP contribution in [0.15, 0.2) is 0 Å². The van der Waals surface area contributed by atoms with Gasteiger partial charge in [0.15, 0.2) is 0 Å². The molecule has 0 bridgehead atoms. The van der Waals surface area contributed by atoms with Crippen LogP contribution in [0.25, 0.3) is 0 Å². The van der Waals surface area contributed by atoms with Crippen molar-refractivity contribution in [1.29, 1.82) is 0 Å². The molecule has 0 aromatic carbocycles. The zero-order valence-electron chi connectivity index (χ0n) is 8.92. The van der Waals surface area contributed by atoms with Gasteiger partial charge in [-0.3, -0.25) is 4.79 Å². The molecule has 0 aromatic heterocycles. The van der Waals surface area contributed by atoms with Crippen molar-refractivity contribution in [3.8, 4) is 0 Å². The molecular formula is C11H20O3. The van der Waals surface area contributed by atoms with Crippen molar-refractivity contribution in [2.24, 2.45) is 5.41 Å². The van der Waals surface area contributed by atoms with Crippen LogP contribution in [0, 0.1) is 5.41 Å². The molecular weight excluding hydrogens is 180 g/mol. The van der Waals surface area contributed by atoms with E-state index in [1.165, 1.54) is 0 Å². The number of carbonyl (C=O) groups is 1. The molecule has 0 aromatic rings. The Labute approximate surface area is 85.5 Å². The van der Waals surface area contributed by atoms with E-state index < -0.39 is 11.4 Å². The Morgan fingerprint density at radius 2 is 2.14 bits per heavy atom. The molecule has 0 atom stereocenters. The summed E-state index contributed by atoms with van der Waals surface area (Å²) in [4.78, 5) is 11.0. The van der Waals surface area contributed by atoms with Gasteiger partial charge in [-0.15, -0.1) is 0 Å². The SMILES string of the molecule is CCCCOCCC1(C(=O)O)CCC1. The van der Waals surface area contributed by atoms with Crippen molar-refractivity contribution >= 4 is 5.97 Å². The molecule has 0 radical (unpaired) electrons. The maximum atomic E-state index is 11.0. The van der Waals surface area contributed by atoms with Crippen molar-refractivity contribution in [2.75, 3.05) is 13.2 Å². The molecule has 0 unspecified atom stereocenters. The van der Waals surface area contributed by atoms with Gasteiger partial charge in [-0.1, -0.05) is 19.8 Å². The van der Waals surface area contributed by atoms with Crippen LogP contribution in [-0.4, -0.2) is 24.3 Å². The van der Waals surface area contributed by atoms with E-state index in [-0.39, 0.29) is 0 Å². The van der Waals surface area contributed by atoms with Gasteiger partial charge in [-0.05, 0) is 25.7 Å². The Hall–Kier alpha value is -0.570. The van der Waals surface area contributed by atoms with E-state index in [1.54, 1.807) is 0 Å². The van der Waals surface area contributed by atoms with E-state index in [9.17, 15) is 4.79 Å². The summed E-state index contributed by atoms with van der Waals surface area (Å²) in [7, 11) is 0. The summed E-state index contributed by atoms with van der Waals surface area (Å²) in [6.07, 6.45) is 5.61. The third-order valence-corrected chi connectivity index (χ3v) is 3.13. The first-order valence-corrected chi connectivity index (χ1v) is 5.52. The normalized spacial score (nSPS) is 18.9. The second-order valence-corrected chi connectivity index (χ2v) is 4.15. The van der Waals surface area contributed by atoms with Gasteiger partial charge < -0.3 is 9.84 Å². The minimum atomic E-state index is -0.636. The number of carboxylic acid groups (broad SMARTS) is 1. The molecule has 82 valence electrons. The molecule has 1 saturated carbocycles. The average Bonchev–Trinajstić information content (AvgIpc) is 2.07. The summed E-state index contributed by atoms with van der Waals surface area (Å²) in [6, 6.07) is 0. The zero-order valence-corrected chi connectivity index (χ0v) is 8.92. The van der Waals surface area contributed by atoms with Crippen molar-refractivity contribution < 1.29 is 14.6 Å². The van der Waals surface area contributed by atoms with E-state index in [0.29, 0.717) is 13.0 Å². The first-order valence-electron chi connectivity index (χ1n) is 5.52. The quantitative estimate of drug-likeness (QED) is 0.642. The fourth-order valence-corrected chi connectivity index (χ4v) is 1.79. The van der Waals surface area contributed by atoms with Gasteiger partial charge in [0, 0.05) is 13.2 Å². The molecule has 14 heavy (non-hydrogen) atoms. The highest BCUT2D eigenvalue weighted by Gasteiger charge is 2.43. The van der Waals surface area contributed by atoms with Crippen molar-refractivity contribution in [3.05, 3.63) is 0 Å². The topological polar surface area (TPSA) is 46.5 Å². The van der Waals surface area contributed by atoms with Crippen LogP contribution in [0.3, 0.4) is 0 Å². The lowest BCUT2D eigenvalue weighted by atomic mass is 9.67. The van der Waals surface area contributed by atoms with E-state index in [2.05, 4.69) is 6.92 Å². The first-order chi connectivity index (χ1) is 6.71. The Kier molecular flexibility index (Phi) is 4.39. The van der Waals surface area contributed by atoms with Crippen molar-refractivity contribution in [1.82, 2.24) is 0 Å². The molecule has 0 heterocycles. The first kappa shape index (κ1) is 11.5. The maximum absolute atomic E-state index is 11.0. The van der Waals surface area contributed by atoms with Crippen LogP contribution in [-0.2, 0) is 9.53 Å². The van der Waals surface area contributed by atoms with Crippen LogP contribution in [0.2, 0.25) is 0 Å². The minimum Gasteiger partial charge on any atom is -0.481 e. The lowest BCUT2D eigenvalue weighted by Crippen LogP contribution is -2.38. The monoisotopic (exact) mass is 200 g/mol. The van der Waals surface area contributed by atoms with Crippen molar-refractivity contribution in [3.63, 3.8) is 0 Å². The molecule has 1 aliphatic carbocycles. The average molecular weight is 200 g/mol. The molecule has 3 heteroatoms. The van der Waals surface area contributed by atoms with E-state index in [4.69, 9.17) is 9.84 Å². The third kappa shape index (κ3) is 2.71. The second kappa shape index (κ2) is 5.35. The zero-order chi connectivity index (χ0) is 10.4. The van der Waals surface area contributed by atoms with E-state index in [1.807, 2.05) is 0 Å².